The molecule has 58 valence electrons. The maximum absolute atomic E-state index is 10.9. The van der Waals surface area contributed by atoms with Crippen molar-refractivity contribution >= 4 is 11.6 Å². The molecule has 0 saturated heterocycles. The molecule has 0 spiro atoms. The Labute approximate surface area is 115 Å². The molecule has 0 bridgehead atoms. The van der Waals surface area contributed by atoms with Gasteiger partial charge < -0.3 is 5.32 Å². The third kappa shape index (κ3) is 4.38. The Morgan fingerprint density at radius 2 is 1.92 bits per heavy atom. The van der Waals surface area contributed by atoms with Gasteiger partial charge in [0.1, 0.15) is 0 Å². The van der Waals surface area contributed by atoms with Gasteiger partial charge in [-0.25, -0.2) is 0 Å². The van der Waals surface area contributed by atoms with Gasteiger partial charge in [-0.1, -0.05) is 25.1 Å². The normalized spacial score (nSPS) is 8.42. The Morgan fingerprint density at radius 3 is 2.42 bits per heavy atom. The average Bonchev–Trinajstić information content (AvgIpc) is 2.06. The first kappa shape index (κ1) is 12.3. The molecule has 0 radical (unpaired) electrons. The fourth-order valence-electron chi connectivity index (χ4n) is 0.771. The summed E-state index contributed by atoms with van der Waals surface area (Å²) in [6.45, 7) is 1.83. The molecular weight excluding hydrogens is 177 g/mol. The van der Waals surface area contributed by atoms with Gasteiger partial charge in [0, 0.05) is 12.1 Å². The number of carbonyl (C=O) groups excluding carboxylic acids is 1. The van der Waals surface area contributed by atoms with Crippen LogP contribution in [-0.4, -0.2) is 5.91 Å². The number of carbonyl (C=O) groups is 1. The Morgan fingerprint density at radius 1 is 1.33 bits per heavy atom. The zero-order valence-corrected chi connectivity index (χ0v) is 10.6. The summed E-state index contributed by atoms with van der Waals surface area (Å²) in [5, 5.41) is 2.75. The number of hydrogen-bond donors (Lipinski definition) is 1. The third-order valence-electron chi connectivity index (χ3n) is 1.38. The molecule has 3 heteroatoms. The predicted octanol–water partition coefficient (Wildman–Crippen LogP) is -0.961. The minimum Gasteiger partial charge on any atom is -0.326 e. The van der Waals surface area contributed by atoms with Gasteiger partial charge in [0.15, 0.2) is 0 Å². The van der Waals surface area contributed by atoms with Crippen LogP contribution in [0, 0.1) is 0 Å². The van der Waals surface area contributed by atoms with Crippen molar-refractivity contribution in [2.45, 2.75) is 13.3 Å². The van der Waals surface area contributed by atoms with Crippen molar-refractivity contribution in [3.63, 3.8) is 0 Å². The van der Waals surface area contributed by atoms with E-state index in [1.807, 2.05) is 37.3 Å². The third-order valence-corrected chi connectivity index (χ3v) is 1.38. The number of nitrogens with one attached hydrogen (secondary N) is 1. The Kier molecular flexibility index (Phi) is 6.99. The molecule has 0 atom stereocenters. The molecule has 0 fully saturated rings. The van der Waals surface area contributed by atoms with E-state index in [0.717, 1.165) is 5.69 Å². The number of para-hydroxylation sites is 1. The van der Waals surface area contributed by atoms with Gasteiger partial charge in [0.05, 0.1) is 0 Å². The molecule has 1 aromatic carbocycles. The summed E-state index contributed by atoms with van der Waals surface area (Å²) in [5.41, 5.74) is 0.861. The molecule has 0 heterocycles. The topological polar surface area (TPSA) is 29.1 Å². The first-order chi connectivity index (χ1) is 5.33. The van der Waals surface area contributed by atoms with Crippen LogP contribution in [0.4, 0.5) is 5.69 Å². The zero-order valence-electron chi connectivity index (χ0n) is 7.50. The first-order valence-corrected chi connectivity index (χ1v) is 3.68. The van der Waals surface area contributed by atoms with E-state index in [9.17, 15) is 4.79 Å². The van der Waals surface area contributed by atoms with Gasteiger partial charge in [-0.15, -0.1) is 0 Å². The van der Waals surface area contributed by atoms with E-state index in [1.54, 1.807) is 0 Å². The fourth-order valence-corrected chi connectivity index (χ4v) is 0.771. The molecule has 1 aromatic rings. The molecule has 0 aliphatic carbocycles. The molecule has 1 rings (SSSR count). The zero-order chi connectivity index (χ0) is 8.10. The monoisotopic (exact) mass is 188 g/mol. The van der Waals surface area contributed by atoms with Crippen LogP contribution in [0.1, 0.15) is 13.3 Å². The van der Waals surface area contributed by atoms with Crippen molar-refractivity contribution in [1.29, 1.82) is 0 Å². The van der Waals surface area contributed by atoms with E-state index in [0.29, 0.717) is 6.42 Å². The minimum absolute atomic E-state index is 0. The Balaban J connectivity index is 0.00000121. The largest absolute Gasteiger partial charge is 1.00 e. The second kappa shape index (κ2) is 6.80. The second-order valence-corrected chi connectivity index (χ2v) is 2.27. The van der Waals surface area contributed by atoms with Gasteiger partial charge >= 0.3 is 51.4 Å². The molecule has 12 heavy (non-hydrogen) atoms. The summed E-state index contributed by atoms with van der Waals surface area (Å²) in [6, 6.07) is 9.44. The van der Waals surface area contributed by atoms with E-state index in [2.05, 4.69) is 5.32 Å². The maximum atomic E-state index is 10.9. The number of rotatable bonds is 2. The standard InChI is InChI=1S/C9H11NO.K/c1-2-9(11)10-8-6-4-3-5-7-8;/h3-7H,2H2,1H3,(H,10,11);/q;+1. The number of amides is 1. The van der Waals surface area contributed by atoms with Gasteiger partial charge in [-0.3, -0.25) is 4.79 Å². The van der Waals surface area contributed by atoms with E-state index in [4.69, 9.17) is 0 Å². The van der Waals surface area contributed by atoms with Crippen LogP contribution in [0.25, 0.3) is 0 Å². The van der Waals surface area contributed by atoms with E-state index in [-0.39, 0.29) is 57.3 Å². The summed E-state index contributed by atoms with van der Waals surface area (Å²) in [7, 11) is 0. The van der Waals surface area contributed by atoms with Gasteiger partial charge in [0.2, 0.25) is 5.91 Å². The molecule has 0 aliphatic heterocycles. The van der Waals surface area contributed by atoms with Crippen LogP contribution >= 0.6 is 0 Å². The molecule has 0 saturated carbocycles. The number of benzene rings is 1. The fraction of sp³-hybridized carbons (Fsp3) is 0.222. The van der Waals surface area contributed by atoms with Gasteiger partial charge in [0.25, 0.3) is 0 Å². The molecule has 1 amide bonds. The molecular formula is C9H11KNO+. The van der Waals surface area contributed by atoms with Crippen LogP contribution in [0.5, 0.6) is 0 Å². The minimum atomic E-state index is 0. The summed E-state index contributed by atoms with van der Waals surface area (Å²) in [6.07, 6.45) is 0.523. The van der Waals surface area contributed by atoms with Crippen molar-refractivity contribution in [2.75, 3.05) is 5.32 Å². The van der Waals surface area contributed by atoms with Crippen LogP contribution in [-0.2, 0) is 4.79 Å². The van der Waals surface area contributed by atoms with Crippen molar-refractivity contribution < 1.29 is 56.2 Å². The quantitative estimate of drug-likeness (QED) is 0.595. The van der Waals surface area contributed by atoms with Crippen molar-refractivity contribution in [2.24, 2.45) is 0 Å². The van der Waals surface area contributed by atoms with Gasteiger partial charge in [-0.2, -0.15) is 0 Å². The Hall–Kier alpha value is 0.326. The summed E-state index contributed by atoms with van der Waals surface area (Å²) < 4.78 is 0. The summed E-state index contributed by atoms with van der Waals surface area (Å²) in [5.74, 6) is 0.0520. The van der Waals surface area contributed by atoms with Crippen LogP contribution < -0.4 is 56.7 Å². The molecule has 0 unspecified atom stereocenters. The second-order valence-electron chi connectivity index (χ2n) is 2.27. The van der Waals surface area contributed by atoms with E-state index >= 15 is 0 Å². The predicted molar refractivity (Wildman–Crippen MR) is 45.4 cm³/mol. The summed E-state index contributed by atoms with van der Waals surface area (Å²) in [4.78, 5) is 10.9. The van der Waals surface area contributed by atoms with Crippen molar-refractivity contribution in [3.05, 3.63) is 30.3 Å². The molecule has 0 aromatic heterocycles. The van der Waals surface area contributed by atoms with E-state index < -0.39 is 0 Å². The van der Waals surface area contributed by atoms with Crippen LogP contribution in [0.3, 0.4) is 0 Å². The van der Waals surface area contributed by atoms with E-state index in [1.165, 1.54) is 0 Å². The first-order valence-electron chi connectivity index (χ1n) is 3.68. The number of anilines is 1. The molecule has 2 nitrogen and oxygen atoms in total. The number of hydrogen-bond acceptors (Lipinski definition) is 1. The van der Waals surface area contributed by atoms with Crippen LogP contribution in [0.2, 0.25) is 0 Å². The Bertz CT molecular complexity index is 236. The van der Waals surface area contributed by atoms with Crippen molar-refractivity contribution in [3.8, 4) is 0 Å². The smallest absolute Gasteiger partial charge is 0.326 e. The van der Waals surface area contributed by atoms with Crippen molar-refractivity contribution in [1.82, 2.24) is 0 Å². The summed E-state index contributed by atoms with van der Waals surface area (Å²) >= 11 is 0. The maximum Gasteiger partial charge on any atom is 1.00 e. The van der Waals surface area contributed by atoms with Gasteiger partial charge in [-0.05, 0) is 12.1 Å². The van der Waals surface area contributed by atoms with Crippen LogP contribution in [0.15, 0.2) is 30.3 Å². The molecule has 1 N–H and O–H groups in total. The molecule has 0 aliphatic rings. The average molecular weight is 188 g/mol. The SMILES string of the molecule is CCC(=O)Nc1ccccc1.[K+].